The molecular formula is C13H14F3NO3S. The number of aryl methyl sites for hydroxylation is 1. The van der Waals surface area contributed by atoms with Crippen LogP contribution in [0.1, 0.15) is 22.3 Å². The molecule has 0 bridgehead atoms. The highest BCUT2D eigenvalue weighted by Crippen LogP contribution is 2.29. The zero-order valence-electron chi connectivity index (χ0n) is 10.9. The van der Waals surface area contributed by atoms with E-state index in [-0.39, 0.29) is 42.5 Å². The highest BCUT2D eigenvalue weighted by molar-refractivity contribution is 8.00. The third-order valence-electron chi connectivity index (χ3n) is 2.56. The summed E-state index contributed by atoms with van der Waals surface area (Å²) < 4.78 is 35.6. The van der Waals surface area contributed by atoms with Gasteiger partial charge in [0.1, 0.15) is 0 Å². The molecule has 2 N–H and O–H groups in total. The van der Waals surface area contributed by atoms with Crippen LogP contribution >= 0.6 is 11.8 Å². The molecule has 1 aromatic carbocycles. The summed E-state index contributed by atoms with van der Waals surface area (Å²) in [5.74, 6) is -1.73. The summed E-state index contributed by atoms with van der Waals surface area (Å²) in [5.41, 5.74) is -3.66. The van der Waals surface area contributed by atoms with E-state index >= 15 is 0 Å². The third kappa shape index (κ3) is 7.03. The van der Waals surface area contributed by atoms with Gasteiger partial charge in [-0.05, 0) is 29.8 Å². The number of hydrogen-bond acceptors (Lipinski definition) is 3. The second-order valence-electron chi connectivity index (χ2n) is 4.11. The lowest BCUT2D eigenvalue weighted by Gasteiger charge is -2.08. The number of carbonyl (C=O) groups is 2. The summed E-state index contributed by atoms with van der Waals surface area (Å²) in [7, 11) is 0. The molecule has 0 saturated carbocycles. The fourth-order valence-electron chi connectivity index (χ4n) is 1.64. The largest absolute Gasteiger partial charge is 0.478 e. The molecule has 0 aliphatic carbocycles. The van der Waals surface area contributed by atoms with Gasteiger partial charge in [-0.3, -0.25) is 4.79 Å². The minimum atomic E-state index is -4.30. The molecule has 0 heterocycles. The summed E-state index contributed by atoms with van der Waals surface area (Å²) >= 11 is -0.196. The van der Waals surface area contributed by atoms with E-state index in [1.54, 1.807) is 18.2 Å². The van der Waals surface area contributed by atoms with Crippen LogP contribution in [-0.2, 0) is 11.2 Å². The molecule has 0 radical (unpaired) electrons. The van der Waals surface area contributed by atoms with Crippen molar-refractivity contribution in [1.29, 1.82) is 0 Å². The minimum absolute atomic E-state index is 0.0287. The molecule has 0 spiro atoms. The first-order chi connectivity index (χ1) is 9.79. The molecule has 21 heavy (non-hydrogen) atoms. The Morgan fingerprint density at radius 1 is 1.24 bits per heavy atom. The van der Waals surface area contributed by atoms with Crippen LogP contribution in [0.25, 0.3) is 0 Å². The quantitative estimate of drug-likeness (QED) is 0.758. The maximum Gasteiger partial charge on any atom is 0.441 e. The lowest BCUT2D eigenvalue weighted by atomic mass is 10.0. The van der Waals surface area contributed by atoms with Crippen molar-refractivity contribution in [3.05, 3.63) is 35.4 Å². The number of alkyl halides is 3. The standard InChI is InChI=1S/C13H14F3NO3S/c14-13(15,16)21-8-7-17-11(18)6-5-9-3-1-2-4-10(9)12(19)20/h1-4H,5-8H2,(H,17,18)(H,19,20). The van der Waals surface area contributed by atoms with Crippen LogP contribution < -0.4 is 5.32 Å². The molecule has 0 atom stereocenters. The first-order valence-electron chi connectivity index (χ1n) is 6.08. The van der Waals surface area contributed by atoms with Gasteiger partial charge in [0, 0.05) is 18.7 Å². The van der Waals surface area contributed by atoms with Crippen LogP contribution in [0, 0.1) is 0 Å². The molecular weight excluding hydrogens is 307 g/mol. The number of amides is 1. The van der Waals surface area contributed by atoms with Gasteiger partial charge in [-0.1, -0.05) is 18.2 Å². The molecule has 4 nitrogen and oxygen atoms in total. The van der Waals surface area contributed by atoms with Crippen LogP contribution in [0.5, 0.6) is 0 Å². The second kappa shape index (κ2) is 7.92. The Hall–Kier alpha value is -1.70. The summed E-state index contributed by atoms with van der Waals surface area (Å²) in [6.07, 6.45) is 0.252. The number of hydrogen-bond donors (Lipinski definition) is 2. The van der Waals surface area contributed by atoms with Gasteiger partial charge in [0.15, 0.2) is 0 Å². The van der Waals surface area contributed by atoms with Crippen molar-refractivity contribution in [2.45, 2.75) is 18.3 Å². The number of halogens is 3. The Labute approximate surface area is 123 Å². The van der Waals surface area contributed by atoms with E-state index < -0.39 is 17.4 Å². The molecule has 0 aliphatic heterocycles. The Bertz CT molecular complexity index is 506. The monoisotopic (exact) mass is 321 g/mol. The second-order valence-corrected chi connectivity index (χ2v) is 5.27. The molecule has 0 fully saturated rings. The van der Waals surface area contributed by atoms with Gasteiger partial charge in [-0.15, -0.1) is 0 Å². The van der Waals surface area contributed by atoms with Crippen molar-refractivity contribution in [1.82, 2.24) is 5.32 Å². The number of nitrogens with one attached hydrogen (secondary N) is 1. The topological polar surface area (TPSA) is 66.4 Å². The predicted molar refractivity (Wildman–Crippen MR) is 73.2 cm³/mol. The van der Waals surface area contributed by atoms with E-state index in [1.807, 2.05) is 0 Å². The number of aromatic carboxylic acids is 1. The number of carboxylic acids is 1. The summed E-state index contributed by atoms with van der Waals surface area (Å²) in [4.78, 5) is 22.4. The molecule has 116 valence electrons. The number of rotatable bonds is 7. The SMILES string of the molecule is O=C(CCc1ccccc1C(=O)O)NCCSC(F)(F)F. The number of thioether (sulfide) groups is 1. The minimum Gasteiger partial charge on any atom is -0.478 e. The molecule has 8 heteroatoms. The van der Waals surface area contributed by atoms with Gasteiger partial charge in [0.05, 0.1) is 5.56 Å². The summed E-state index contributed by atoms with van der Waals surface area (Å²) in [6, 6.07) is 6.30. The van der Waals surface area contributed by atoms with Gasteiger partial charge in [-0.2, -0.15) is 13.2 Å². The smallest absolute Gasteiger partial charge is 0.441 e. The summed E-state index contributed by atoms with van der Waals surface area (Å²) in [6.45, 7) is -0.0798. The van der Waals surface area contributed by atoms with Crippen LogP contribution in [-0.4, -0.2) is 34.8 Å². The van der Waals surface area contributed by atoms with Gasteiger partial charge in [0.2, 0.25) is 5.91 Å². The first kappa shape index (κ1) is 17.4. The first-order valence-corrected chi connectivity index (χ1v) is 7.07. The number of carboxylic acid groups (broad SMARTS) is 1. The average molecular weight is 321 g/mol. The van der Waals surface area contributed by atoms with Crippen LogP contribution in [0.3, 0.4) is 0 Å². The molecule has 1 amide bonds. The molecule has 0 aromatic heterocycles. The van der Waals surface area contributed by atoms with Gasteiger partial charge in [-0.25, -0.2) is 4.79 Å². The van der Waals surface area contributed by atoms with E-state index in [2.05, 4.69) is 5.32 Å². The van der Waals surface area contributed by atoms with E-state index in [4.69, 9.17) is 5.11 Å². The molecule has 1 rings (SSSR count). The van der Waals surface area contributed by atoms with E-state index in [9.17, 15) is 22.8 Å². The van der Waals surface area contributed by atoms with Crippen molar-refractivity contribution in [3.8, 4) is 0 Å². The predicted octanol–water partition coefficient (Wildman–Crippen LogP) is 2.69. The highest BCUT2D eigenvalue weighted by Gasteiger charge is 2.27. The van der Waals surface area contributed by atoms with Crippen molar-refractivity contribution < 1.29 is 27.9 Å². The van der Waals surface area contributed by atoms with Crippen LogP contribution in [0.4, 0.5) is 13.2 Å². The third-order valence-corrected chi connectivity index (χ3v) is 3.29. The van der Waals surface area contributed by atoms with Crippen molar-refractivity contribution >= 4 is 23.6 Å². The maximum atomic E-state index is 11.9. The average Bonchev–Trinajstić information content (AvgIpc) is 2.40. The summed E-state index contributed by atoms with van der Waals surface area (Å²) in [5, 5.41) is 11.3. The normalized spacial score (nSPS) is 11.2. The molecule has 0 saturated heterocycles. The van der Waals surface area contributed by atoms with Gasteiger partial charge >= 0.3 is 11.5 Å². The Balaban J connectivity index is 2.35. The zero-order valence-corrected chi connectivity index (χ0v) is 11.8. The fraction of sp³-hybridized carbons (Fsp3) is 0.385. The zero-order chi connectivity index (χ0) is 15.9. The lowest BCUT2D eigenvalue weighted by Crippen LogP contribution is -2.26. The van der Waals surface area contributed by atoms with E-state index in [0.29, 0.717) is 5.56 Å². The van der Waals surface area contributed by atoms with E-state index in [1.165, 1.54) is 6.07 Å². The van der Waals surface area contributed by atoms with Gasteiger partial charge in [0.25, 0.3) is 0 Å². The van der Waals surface area contributed by atoms with Crippen molar-refractivity contribution in [3.63, 3.8) is 0 Å². The maximum absolute atomic E-state index is 11.9. The molecule has 0 unspecified atom stereocenters. The molecule has 1 aromatic rings. The van der Waals surface area contributed by atoms with Crippen molar-refractivity contribution in [2.24, 2.45) is 0 Å². The Morgan fingerprint density at radius 2 is 1.90 bits per heavy atom. The lowest BCUT2D eigenvalue weighted by molar-refractivity contribution is -0.120. The van der Waals surface area contributed by atoms with Crippen LogP contribution in [0.2, 0.25) is 0 Å². The number of benzene rings is 1. The Morgan fingerprint density at radius 3 is 2.52 bits per heavy atom. The van der Waals surface area contributed by atoms with E-state index in [0.717, 1.165) is 0 Å². The number of carbonyl (C=O) groups excluding carboxylic acids is 1. The fourth-order valence-corrected chi connectivity index (χ4v) is 2.08. The van der Waals surface area contributed by atoms with Gasteiger partial charge < -0.3 is 10.4 Å². The highest BCUT2D eigenvalue weighted by atomic mass is 32.2. The van der Waals surface area contributed by atoms with Crippen LogP contribution in [0.15, 0.2) is 24.3 Å². The molecule has 0 aliphatic rings. The Kier molecular flexibility index (Phi) is 6.54. The van der Waals surface area contributed by atoms with Crippen molar-refractivity contribution in [2.75, 3.05) is 12.3 Å².